The smallest absolute Gasteiger partial charge is 0.441 e. The third kappa shape index (κ3) is 2.07. The molecular formula is C12H8F3N3O. The number of aromatic amines is 1. The molecule has 2 aromatic heterocycles. The Kier molecular flexibility index (Phi) is 2.38. The average Bonchev–Trinajstić information content (AvgIpc) is 2.90. The highest BCUT2D eigenvalue weighted by molar-refractivity contribution is 5.79. The van der Waals surface area contributed by atoms with Crippen LogP contribution in [0.5, 0.6) is 0 Å². The number of nitrogens with zero attached hydrogens (tertiary/aromatic N) is 2. The molecule has 0 spiro atoms. The topological polar surface area (TPSA) is 54.7 Å². The number of nitrogens with one attached hydrogen (secondary N) is 1. The van der Waals surface area contributed by atoms with Crippen LogP contribution in [-0.4, -0.2) is 15.0 Å². The van der Waals surface area contributed by atoms with Crippen LogP contribution in [0.2, 0.25) is 0 Å². The minimum absolute atomic E-state index is 0.287. The molecule has 0 aliphatic heterocycles. The molecule has 1 N–H and O–H groups in total. The molecule has 0 fully saturated rings. The Balaban J connectivity index is 2.06. The molecule has 4 nitrogen and oxygen atoms in total. The van der Waals surface area contributed by atoms with Crippen LogP contribution >= 0.6 is 0 Å². The van der Waals surface area contributed by atoms with Crippen molar-refractivity contribution in [2.24, 2.45) is 0 Å². The fourth-order valence-corrected chi connectivity index (χ4v) is 1.82. The lowest BCUT2D eigenvalue weighted by Gasteiger charge is -2.01. The second-order valence-electron chi connectivity index (χ2n) is 4.06. The van der Waals surface area contributed by atoms with Gasteiger partial charge in [0.05, 0.1) is 11.9 Å². The number of aryl methyl sites for hydroxylation is 1. The van der Waals surface area contributed by atoms with Crippen LogP contribution in [0.25, 0.3) is 22.4 Å². The SMILES string of the molecule is Cc1nc2cc(-c3cnc(C(F)(F)F)[nH]3)ccc2o1. The molecule has 0 aliphatic rings. The second kappa shape index (κ2) is 3.84. The molecule has 0 bridgehead atoms. The lowest BCUT2D eigenvalue weighted by atomic mass is 10.1. The molecule has 98 valence electrons. The van der Waals surface area contributed by atoms with Crippen molar-refractivity contribution in [2.75, 3.05) is 0 Å². The van der Waals surface area contributed by atoms with Gasteiger partial charge >= 0.3 is 6.18 Å². The highest BCUT2D eigenvalue weighted by Crippen LogP contribution is 2.29. The molecule has 2 heterocycles. The average molecular weight is 267 g/mol. The van der Waals surface area contributed by atoms with Gasteiger partial charge in [-0.05, 0) is 18.2 Å². The molecule has 3 aromatic rings. The first-order chi connectivity index (χ1) is 8.93. The molecule has 0 unspecified atom stereocenters. The van der Waals surface area contributed by atoms with Crippen molar-refractivity contribution in [2.45, 2.75) is 13.1 Å². The number of oxazole rings is 1. The van der Waals surface area contributed by atoms with Crippen LogP contribution in [0, 0.1) is 6.92 Å². The Hall–Kier alpha value is -2.31. The zero-order valence-corrected chi connectivity index (χ0v) is 9.75. The number of alkyl halides is 3. The number of halogens is 3. The molecule has 7 heteroatoms. The molecule has 0 radical (unpaired) electrons. The summed E-state index contributed by atoms with van der Waals surface area (Å²) in [5.41, 5.74) is 2.05. The van der Waals surface area contributed by atoms with Crippen molar-refractivity contribution in [3.63, 3.8) is 0 Å². The van der Waals surface area contributed by atoms with E-state index in [0.717, 1.165) is 6.20 Å². The molecule has 1 aromatic carbocycles. The first kappa shape index (κ1) is 11.8. The third-order valence-corrected chi connectivity index (χ3v) is 2.65. The molecule has 19 heavy (non-hydrogen) atoms. The highest BCUT2D eigenvalue weighted by atomic mass is 19.4. The predicted molar refractivity (Wildman–Crippen MR) is 61.3 cm³/mol. The first-order valence-corrected chi connectivity index (χ1v) is 5.43. The highest BCUT2D eigenvalue weighted by Gasteiger charge is 2.34. The molecule has 0 saturated heterocycles. The van der Waals surface area contributed by atoms with E-state index in [4.69, 9.17) is 4.42 Å². The molecule has 0 saturated carbocycles. The van der Waals surface area contributed by atoms with E-state index in [2.05, 4.69) is 15.0 Å². The Morgan fingerprint density at radius 2 is 2.05 bits per heavy atom. The van der Waals surface area contributed by atoms with Crippen LogP contribution in [0.3, 0.4) is 0 Å². The van der Waals surface area contributed by atoms with Crippen LogP contribution < -0.4 is 0 Å². The summed E-state index contributed by atoms with van der Waals surface area (Å²) in [5.74, 6) is -0.508. The van der Waals surface area contributed by atoms with Gasteiger partial charge in [-0.3, -0.25) is 0 Å². The number of H-pyrrole nitrogens is 1. The van der Waals surface area contributed by atoms with Gasteiger partial charge in [-0.25, -0.2) is 9.97 Å². The Bertz CT molecular complexity index is 742. The lowest BCUT2D eigenvalue weighted by molar-refractivity contribution is -0.144. The van der Waals surface area contributed by atoms with Crippen LogP contribution in [0.4, 0.5) is 13.2 Å². The predicted octanol–water partition coefficient (Wildman–Crippen LogP) is 3.55. The summed E-state index contributed by atoms with van der Waals surface area (Å²) in [5, 5.41) is 0. The van der Waals surface area contributed by atoms with Gasteiger partial charge in [0.2, 0.25) is 5.82 Å². The van der Waals surface area contributed by atoms with E-state index < -0.39 is 12.0 Å². The van der Waals surface area contributed by atoms with Gasteiger partial charge in [-0.1, -0.05) is 0 Å². The summed E-state index contributed by atoms with van der Waals surface area (Å²) < 4.78 is 42.7. The molecular weight excluding hydrogens is 259 g/mol. The van der Waals surface area contributed by atoms with E-state index in [9.17, 15) is 13.2 Å². The minimum Gasteiger partial charge on any atom is -0.441 e. The van der Waals surface area contributed by atoms with E-state index in [1.54, 1.807) is 25.1 Å². The summed E-state index contributed by atoms with van der Waals surface area (Å²) in [6.45, 7) is 1.71. The van der Waals surface area contributed by atoms with Gasteiger partial charge in [0.25, 0.3) is 0 Å². The maximum atomic E-state index is 12.5. The summed E-state index contributed by atoms with van der Waals surface area (Å²) in [4.78, 5) is 9.70. The van der Waals surface area contributed by atoms with Gasteiger partial charge in [-0.15, -0.1) is 0 Å². The van der Waals surface area contributed by atoms with Gasteiger partial charge in [-0.2, -0.15) is 13.2 Å². The molecule has 0 aliphatic carbocycles. The Morgan fingerprint density at radius 1 is 1.26 bits per heavy atom. The summed E-state index contributed by atoms with van der Waals surface area (Å²) in [7, 11) is 0. The van der Waals surface area contributed by atoms with Crippen molar-refractivity contribution in [1.29, 1.82) is 0 Å². The van der Waals surface area contributed by atoms with Crippen molar-refractivity contribution in [1.82, 2.24) is 15.0 Å². The molecule has 0 amide bonds. The Morgan fingerprint density at radius 3 is 2.74 bits per heavy atom. The van der Waals surface area contributed by atoms with E-state index in [-0.39, 0.29) is 5.69 Å². The van der Waals surface area contributed by atoms with Gasteiger partial charge in [0, 0.05) is 12.5 Å². The van der Waals surface area contributed by atoms with Gasteiger partial charge < -0.3 is 9.40 Å². The van der Waals surface area contributed by atoms with Crippen molar-refractivity contribution < 1.29 is 17.6 Å². The fraction of sp³-hybridized carbons (Fsp3) is 0.167. The van der Waals surface area contributed by atoms with Crippen LogP contribution in [0.15, 0.2) is 28.8 Å². The quantitative estimate of drug-likeness (QED) is 0.733. The minimum atomic E-state index is -4.48. The number of benzene rings is 1. The second-order valence-corrected chi connectivity index (χ2v) is 4.06. The number of rotatable bonds is 1. The number of aromatic nitrogens is 3. The number of fused-ring (bicyclic) bond motifs is 1. The number of imidazole rings is 1. The monoisotopic (exact) mass is 267 g/mol. The maximum Gasteiger partial charge on any atom is 0.449 e. The van der Waals surface area contributed by atoms with Gasteiger partial charge in [0.1, 0.15) is 5.52 Å². The van der Waals surface area contributed by atoms with Crippen LogP contribution in [-0.2, 0) is 6.18 Å². The third-order valence-electron chi connectivity index (χ3n) is 2.65. The largest absolute Gasteiger partial charge is 0.449 e. The normalized spacial score (nSPS) is 12.2. The fourth-order valence-electron chi connectivity index (χ4n) is 1.82. The lowest BCUT2D eigenvalue weighted by Crippen LogP contribution is -2.07. The number of hydrogen-bond donors (Lipinski definition) is 1. The van der Waals surface area contributed by atoms with Gasteiger partial charge in [0.15, 0.2) is 11.5 Å². The van der Waals surface area contributed by atoms with E-state index in [1.165, 1.54) is 0 Å². The molecule has 3 rings (SSSR count). The summed E-state index contributed by atoms with van der Waals surface area (Å²) in [6, 6.07) is 4.97. The maximum absolute atomic E-state index is 12.5. The van der Waals surface area contributed by atoms with E-state index in [0.29, 0.717) is 22.6 Å². The molecule has 0 atom stereocenters. The van der Waals surface area contributed by atoms with Crippen molar-refractivity contribution >= 4 is 11.1 Å². The first-order valence-electron chi connectivity index (χ1n) is 5.43. The Labute approximate surface area is 105 Å². The zero-order valence-electron chi connectivity index (χ0n) is 9.75. The van der Waals surface area contributed by atoms with Crippen molar-refractivity contribution in [3.8, 4) is 11.3 Å². The van der Waals surface area contributed by atoms with E-state index in [1.807, 2.05) is 0 Å². The summed E-state index contributed by atoms with van der Waals surface area (Å²) >= 11 is 0. The standard InChI is InChI=1S/C12H8F3N3O/c1-6-17-8-4-7(2-3-10(8)19-6)9-5-16-11(18-9)12(13,14)15/h2-5H,1H3,(H,16,18). The van der Waals surface area contributed by atoms with Crippen LogP contribution in [0.1, 0.15) is 11.7 Å². The van der Waals surface area contributed by atoms with E-state index >= 15 is 0 Å². The summed E-state index contributed by atoms with van der Waals surface area (Å²) in [6.07, 6.45) is -3.33. The zero-order chi connectivity index (χ0) is 13.6. The van der Waals surface area contributed by atoms with Crippen molar-refractivity contribution in [3.05, 3.63) is 36.1 Å². The number of hydrogen-bond acceptors (Lipinski definition) is 3.